The number of hydrogen-bond donors (Lipinski definition) is 1. The standard InChI is InChI=1S/C36H45ClN2O6S/c1-4-44-34(40)19-25-8-5-7-23(2)24(3)46(42,43)38-35(41)27-11-15-33-32(18-27)39(20-28-10-13-30(25)28)21-36(22-45-33)16-6-9-26-17-29(37)12-14-31(26)36/h11-12,14-15,17-19,23-24,28,30H,4-10,13,16,20-22H2,1-3H3,(H,38,41)/b25-19+/t23-,24+,28-,30-,36-/m0/s1. The number of amides is 1. The average Bonchev–Trinajstić information content (AvgIpc) is 3.15. The van der Waals surface area contributed by atoms with Crippen LogP contribution in [0.1, 0.15) is 87.2 Å². The molecule has 4 aliphatic rings. The van der Waals surface area contributed by atoms with Crippen molar-refractivity contribution in [2.45, 2.75) is 82.8 Å². The average molecular weight is 669 g/mol. The first-order valence-electron chi connectivity index (χ1n) is 16.7. The van der Waals surface area contributed by atoms with Gasteiger partial charge in [0.15, 0.2) is 0 Å². The van der Waals surface area contributed by atoms with Gasteiger partial charge in [0.1, 0.15) is 5.75 Å². The van der Waals surface area contributed by atoms with Gasteiger partial charge in [-0.3, -0.25) is 4.79 Å². The summed E-state index contributed by atoms with van der Waals surface area (Å²) in [6.07, 6.45) is 8.74. The van der Waals surface area contributed by atoms with E-state index in [1.54, 1.807) is 31.2 Å². The van der Waals surface area contributed by atoms with Gasteiger partial charge in [-0.15, -0.1) is 0 Å². The van der Waals surface area contributed by atoms with E-state index in [1.807, 2.05) is 19.9 Å². The number of anilines is 1. The Morgan fingerprint density at radius 3 is 2.72 bits per heavy atom. The second-order valence-electron chi connectivity index (χ2n) is 13.8. The molecule has 2 aromatic rings. The first-order chi connectivity index (χ1) is 22.0. The first kappa shape index (κ1) is 32.9. The van der Waals surface area contributed by atoms with E-state index in [1.165, 1.54) is 11.1 Å². The van der Waals surface area contributed by atoms with E-state index in [0.717, 1.165) is 61.4 Å². The summed E-state index contributed by atoms with van der Waals surface area (Å²) in [4.78, 5) is 28.5. The molecule has 2 aliphatic heterocycles. The fraction of sp³-hybridized carbons (Fsp3) is 0.556. The molecule has 10 heteroatoms. The van der Waals surface area contributed by atoms with Gasteiger partial charge >= 0.3 is 5.97 Å². The van der Waals surface area contributed by atoms with E-state index in [0.29, 0.717) is 44.3 Å². The molecule has 1 fully saturated rings. The second kappa shape index (κ2) is 13.2. The highest BCUT2D eigenvalue weighted by atomic mass is 35.5. The number of sulfonamides is 1. The summed E-state index contributed by atoms with van der Waals surface area (Å²) in [5.74, 6) is 0.0733. The zero-order chi connectivity index (χ0) is 32.6. The van der Waals surface area contributed by atoms with Gasteiger partial charge in [0.05, 0.1) is 24.2 Å². The molecule has 0 aromatic heterocycles. The quantitative estimate of drug-likeness (QED) is 0.284. The number of benzene rings is 2. The van der Waals surface area contributed by atoms with Crippen LogP contribution in [-0.4, -0.2) is 51.8 Å². The molecular formula is C36H45ClN2O6S. The maximum atomic E-state index is 13.5. The monoisotopic (exact) mass is 668 g/mol. The molecule has 5 atom stereocenters. The van der Waals surface area contributed by atoms with Crippen molar-refractivity contribution in [2.75, 3.05) is 31.2 Å². The van der Waals surface area contributed by atoms with Crippen molar-refractivity contribution in [3.63, 3.8) is 0 Å². The Balaban J connectivity index is 1.43. The van der Waals surface area contributed by atoms with Crippen molar-refractivity contribution < 1.29 is 27.5 Å². The van der Waals surface area contributed by atoms with Crippen LogP contribution in [0.5, 0.6) is 5.75 Å². The van der Waals surface area contributed by atoms with E-state index >= 15 is 0 Å². The summed E-state index contributed by atoms with van der Waals surface area (Å²) >= 11 is 6.42. The third kappa shape index (κ3) is 6.55. The van der Waals surface area contributed by atoms with Crippen molar-refractivity contribution in [3.05, 3.63) is 69.8 Å². The molecule has 248 valence electrons. The molecule has 1 spiro atoms. The minimum atomic E-state index is -3.93. The smallest absolute Gasteiger partial charge is 0.330 e. The number of nitrogens with one attached hydrogen (secondary N) is 1. The summed E-state index contributed by atoms with van der Waals surface area (Å²) in [5.41, 5.74) is 4.38. The summed E-state index contributed by atoms with van der Waals surface area (Å²) < 4.78 is 41.0. The van der Waals surface area contributed by atoms with Crippen LogP contribution in [0, 0.1) is 17.8 Å². The Kier molecular flexibility index (Phi) is 9.45. The van der Waals surface area contributed by atoms with Gasteiger partial charge in [-0.1, -0.05) is 30.2 Å². The summed E-state index contributed by atoms with van der Waals surface area (Å²) in [6, 6.07) is 11.4. The van der Waals surface area contributed by atoms with Crippen molar-refractivity contribution >= 4 is 39.2 Å². The molecule has 46 heavy (non-hydrogen) atoms. The molecule has 1 N–H and O–H groups in total. The molecule has 2 aliphatic carbocycles. The molecule has 0 unspecified atom stereocenters. The van der Waals surface area contributed by atoms with Gasteiger partial charge < -0.3 is 14.4 Å². The highest BCUT2D eigenvalue weighted by Gasteiger charge is 2.44. The van der Waals surface area contributed by atoms with Gasteiger partial charge in [-0.2, -0.15) is 0 Å². The third-order valence-electron chi connectivity index (χ3n) is 10.9. The Labute approximate surface area is 277 Å². The van der Waals surface area contributed by atoms with Crippen molar-refractivity contribution in [1.82, 2.24) is 4.72 Å². The van der Waals surface area contributed by atoms with Crippen LogP contribution in [0.4, 0.5) is 5.69 Å². The van der Waals surface area contributed by atoms with Crippen LogP contribution in [-0.2, 0) is 31.4 Å². The van der Waals surface area contributed by atoms with Gasteiger partial charge in [0.25, 0.3) is 5.91 Å². The Bertz CT molecular complexity index is 1640. The van der Waals surface area contributed by atoms with Gasteiger partial charge in [-0.25, -0.2) is 17.9 Å². The fourth-order valence-electron chi connectivity index (χ4n) is 7.96. The number of halogens is 1. The summed E-state index contributed by atoms with van der Waals surface area (Å²) in [5, 5.41) is -0.0372. The normalized spacial score (nSPS) is 30.2. The lowest BCUT2D eigenvalue weighted by molar-refractivity contribution is -0.137. The number of carbonyl (C=O) groups is 2. The van der Waals surface area contributed by atoms with Crippen LogP contribution in [0.25, 0.3) is 0 Å². The lowest BCUT2D eigenvalue weighted by atomic mass is 9.67. The number of esters is 1. The molecular weight excluding hydrogens is 624 g/mol. The van der Waals surface area contributed by atoms with Crippen LogP contribution in [0.3, 0.4) is 0 Å². The molecule has 8 nitrogen and oxygen atoms in total. The lowest BCUT2D eigenvalue weighted by Gasteiger charge is -2.45. The van der Waals surface area contributed by atoms with Gasteiger partial charge in [-0.05, 0) is 124 Å². The molecule has 0 saturated heterocycles. The minimum absolute atomic E-state index is 0.181. The lowest BCUT2D eigenvalue weighted by Crippen LogP contribution is -2.48. The molecule has 1 saturated carbocycles. The van der Waals surface area contributed by atoms with Crippen molar-refractivity contribution in [2.24, 2.45) is 17.8 Å². The Hall–Kier alpha value is -3.04. The number of allylic oxidation sites excluding steroid dienone is 1. The first-order valence-corrected chi connectivity index (χ1v) is 18.7. The van der Waals surface area contributed by atoms with Crippen molar-refractivity contribution in [1.29, 1.82) is 0 Å². The zero-order valence-electron chi connectivity index (χ0n) is 27.0. The molecule has 1 amide bonds. The van der Waals surface area contributed by atoms with Crippen molar-refractivity contribution in [3.8, 4) is 5.75 Å². The van der Waals surface area contributed by atoms with E-state index in [-0.39, 0.29) is 28.8 Å². The second-order valence-corrected chi connectivity index (χ2v) is 16.2. The zero-order valence-corrected chi connectivity index (χ0v) is 28.6. The van der Waals surface area contributed by atoms with Gasteiger partial charge in [0, 0.05) is 35.2 Å². The van der Waals surface area contributed by atoms with Crippen LogP contribution in [0.15, 0.2) is 48.0 Å². The molecule has 2 heterocycles. The van der Waals surface area contributed by atoms with E-state index in [2.05, 4.69) is 21.8 Å². The largest absolute Gasteiger partial charge is 0.490 e. The molecule has 2 bridgehead atoms. The molecule has 2 aromatic carbocycles. The Morgan fingerprint density at radius 2 is 1.96 bits per heavy atom. The highest BCUT2D eigenvalue weighted by Crippen LogP contribution is 2.48. The number of hydrogen-bond acceptors (Lipinski definition) is 7. The van der Waals surface area contributed by atoms with E-state index in [4.69, 9.17) is 21.1 Å². The predicted octanol–water partition coefficient (Wildman–Crippen LogP) is 6.60. The fourth-order valence-corrected chi connectivity index (χ4v) is 9.47. The molecule has 6 rings (SSSR count). The van der Waals surface area contributed by atoms with E-state index < -0.39 is 21.2 Å². The molecule has 0 radical (unpaired) electrons. The number of carbonyl (C=O) groups excluding carboxylic acids is 2. The number of aryl methyl sites for hydroxylation is 1. The Morgan fingerprint density at radius 1 is 1.13 bits per heavy atom. The topological polar surface area (TPSA) is 102 Å². The summed E-state index contributed by atoms with van der Waals surface area (Å²) in [7, 11) is -3.93. The maximum absolute atomic E-state index is 13.5. The number of rotatable bonds is 2. The highest BCUT2D eigenvalue weighted by molar-refractivity contribution is 7.90. The predicted molar refractivity (Wildman–Crippen MR) is 180 cm³/mol. The van der Waals surface area contributed by atoms with Gasteiger partial charge in [0.2, 0.25) is 10.0 Å². The number of fused-ring (bicyclic) bond motifs is 4. The van der Waals surface area contributed by atoms with Crippen LogP contribution in [0.2, 0.25) is 5.02 Å². The van der Waals surface area contributed by atoms with Crippen LogP contribution < -0.4 is 14.4 Å². The minimum Gasteiger partial charge on any atom is -0.490 e. The van der Waals surface area contributed by atoms with Crippen LogP contribution >= 0.6 is 11.6 Å². The number of nitrogens with zero attached hydrogens (tertiary/aromatic N) is 1. The summed E-state index contributed by atoms with van der Waals surface area (Å²) in [6.45, 7) is 7.59. The SMILES string of the molecule is CCOC(=O)/C=C1\CCC[C@H](C)[C@@H](C)S(=O)(=O)NC(=O)c2ccc3c(c2)N(C[C@@H]2CC[C@@H]12)C[C@@]1(CCCc2cc(Cl)ccc21)CO3. The maximum Gasteiger partial charge on any atom is 0.330 e. The number of ether oxygens (including phenoxy) is 2. The van der Waals surface area contributed by atoms with E-state index in [9.17, 15) is 18.0 Å². The third-order valence-corrected chi connectivity index (χ3v) is 13.0.